The maximum Gasteiger partial charge on any atom is 0.0330 e. The third kappa shape index (κ3) is 5.39. The number of rotatable bonds is 7. The normalized spacial score (nSPS) is 18.8. The van der Waals surface area contributed by atoms with Crippen LogP contribution in [0.2, 0.25) is 0 Å². The highest BCUT2D eigenvalue weighted by Gasteiger charge is 2.19. The molecule has 21 heavy (non-hydrogen) atoms. The quantitative estimate of drug-likeness (QED) is 0.770. The number of piperidine rings is 1. The van der Waals surface area contributed by atoms with Crippen LogP contribution >= 0.6 is 15.9 Å². The van der Waals surface area contributed by atoms with Gasteiger partial charge >= 0.3 is 0 Å². The minimum absolute atomic E-state index is 0.455. The molecule has 1 N–H and O–H groups in total. The van der Waals surface area contributed by atoms with Crippen molar-refractivity contribution in [2.45, 2.75) is 45.1 Å². The van der Waals surface area contributed by atoms with E-state index in [-0.39, 0.29) is 0 Å². The second-order valence-electron chi connectivity index (χ2n) is 6.26. The first kappa shape index (κ1) is 17.0. The van der Waals surface area contributed by atoms with Crippen LogP contribution in [0.25, 0.3) is 0 Å². The van der Waals surface area contributed by atoms with Crippen LogP contribution < -0.4 is 5.32 Å². The molecule has 1 aromatic carbocycles. The Morgan fingerprint density at radius 3 is 2.71 bits per heavy atom. The van der Waals surface area contributed by atoms with Gasteiger partial charge in [-0.25, -0.2) is 0 Å². The molecule has 1 fully saturated rings. The van der Waals surface area contributed by atoms with Crippen LogP contribution in [0.4, 0.5) is 0 Å². The Kier molecular flexibility index (Phi) is 7.21. The fourth-order valence-corrected chi connectivity index (χ4v) is 3.84. The van der Waals surface area contributed by atoms with E-state index in [2.05, 4.69) is 64.4 Å². The zero-order chi connectivity index (χ0) is 15.1. The molecule has 0 aromatic heterocycles. The summed E-state index contributed by atoms with van der Waals surface area (Å²) in [4.78, 5) is 2.65. The number of hydrogen-bond acceptors (Lipinski definition) is 2. The van der Waals surface area contributed by atoms with Crippen LogP contribution in [-0.4, -0.2) is 31.6 Å². The van der Waals surface area contributed by atoms with Gasteiger partial charge in [-0.1, -0.05) is 47.8 Å². The molecular weight excluding hydrogens is 324 g/mol. The molecule has 1 unspecified atom stereocenters. The summed E-state index contributed by atoms with van der Waals surface area (Å²) in [6.45, 7) is 6.10. The standard InChI is InChI=1S/C18H29BrN2/c1-3-5-15-8-11-21(12-9-15)13-10-18(20-2)16-6-4-7-17(19)14-16/h4,6-7,14-15,18,20H,3,5,8-13H2,1-2H3. The SMILES string of the molecule is CCCC1CCN(CCC(NC)c2cccc(Br)c2)CC1. The lowest BCUT2D eigenvalue weighted by atomic mass is 9.92. The maximum absolute atomic E-state index is 3.57. The Hall–Kier alpha value is -0.380. The molecule has 1 saturated heterocycles. The van der Waals surface area contributed by atoms with Crippen molar-refractivity contribution in [3.05, 3.63) is 34.3 Å². The molecule has 0 saturated carbocycles. The van der Waals surface area contributed by atoms with Gasteiger partial charge in [-0.05, 0) is 69.6 Å². The van der Waals surface area contributed by atoms with E-state index in [1.165, 1.54) is 61.8 Å². The van der Waals surface area contributed by atoms with E-state index in [9.17, 15) is 0 Å². The molecule has 118 valence electrons. The van der Waals surface area contributed by atoms with Crippen molar-refractivity contribution >= 4 is 15.9 Å². The van der Waals surface area contributed by atoms with E-state index in [0.29, 0.717) is 6.04 Å². The number of benzene rings is 1. The average molecular weight is 353 g/mol. The Morgan fingerprint density at radius 2 is 2.10 bits per heavy atom. The molecule has 1 heterocycles. The van der Waals surface area contributed by atoms with Gasteiger partial charge in [0.15, 0.2) is 0 Å². The van der Waals surface area contributed by atoms with Crippen LogP contribution in [0, 0.1) is 5.92 Å². The summed E-state index contributed by atoms with van der Waals surface area (Å²) in [5.41, 5.74) is 1.38. The first-order chi connectivity index (χ1) is 10.2. The van der Waals surface area contributed by atoms with Crippen molar-refractivity contribution in [3.8, 4) is 0 Å². The van der Waals surface area contributed by atoms with Crippen molar-refractivity contribution in [2.24, 2.45) is 5.92 Å². The minimum Gasteiger partial charge on any atom is -0.313 e. The first-order valence-electron chi connectivity index (χ1n) is 8.38. The van der Waals surface area contributed by atoms with Gasteiger partial charge < -0.3 is 10.2 Å². The van der Waals surface area contributed by atoms with Gasteiger partial charge in [-0.15, -0.1) is 0 Å². The van der Waals surface area contributed by atoms with Gasteiger partial charge in [-0.2, -0.15) is 0 Å². The lowest BCUT2D eigenvalue weighted by Crippen LogP contribution is -2.35. The summed E-state index contributed by atoms with van der Waals surface area (Å²) >= 11 is 3.57. The average Bonchev–Trinajstić information content (AvgIpc) is 2.50. The lowest BCUT2D eigenvalue weighted by Gasteiger charge is -2.32. The fraction of sp³-hybridized carbons (Fsp3) is 0.667. The van der Waals surface area contributed by atoms with Gasteiger partial charge in [0, 0.05) is 10.5 Å². The molecule has 2 rings (SSSR count). The highest BCUT2D eigenvalue weighted by Crippen LogP contribution is 2.24. The van der Waals surface area contributed by atoms with Gasteiger partial charge in [-0.3, -0.25) is 0 Å². The summed E-state index contributed by atoms with van der Waals surface area (Å²) in [6.07, 6.45) is 6.75. The van der Waals surface area contributed by atoms with Gasteiger partial charge in [0.2, 0.25) is 0 Å². The van der Waals surface area contributed by atoms with E-state index < -0.39 is 0 Å². The minimum atomic E-state index is 0.455. The third-order valence-electron chi connectivity index (χ3n) is 4.74. The van der Waals surface area contributed by atoms with E-state index in [4.69, 9.17) is 0 Å². The van der Waals surface area contributed by atoms with Crippen molar-refractivity contribution in [2.75, 3.05) is 26.7 Å². The Bertz CT molecular complexity index is 413. The van der Waals surface area contributed by atoms with Gasteiger partial charge in [0.25, 0.3) is 0 Å². The van der Waals surface area contributed by atoms with E-state index in [1.54, 1.807) is 0 Å². The molecule has 3 heteroatoms. The summed E-state index contributed by atoms with van der Waals surface area (Å²) in [6, 6.07) is 9.12. The lowest BCUT2D eigenvalue weighted by molar-refractivity contribution is 0.172. The second-order valence-corrected chi connectivity index (χ2v) is 7.17. The Labute approximate surface area is 138 Å². The molecule has 0 amide bonds. The predicted molar refractivity (Wildman–Crippen MR) is 94.6 cm³/mol. The van der Waals surface area contributed by atoms with Crippen LogP contribution in [0.15, 0.2) is 28.7 Å². The van der Waals surface area contributed by atoms with Crippen molar-refractivity contribution < 1.29 is 0 Å². The molecule has 1 aliphatic rings. The predicted octanol–water partition coefficient (Wildman–Crippen LogP) is 4.61. The summed E-state index contributed by atoms with van der Waals surface area (Å²) < 4.78 is 1.17. The topological polar surface area (TPSA) is 15.3 Å². The van der Waals surface area contributed by atoms with Gasteiger partial charge in [0.1, 0.15) is 0 Å². The number of hydrogen-bond donors (Lipinski definition) is 1. The summed E-state index contributed by atoms with van der Waals surface area (Å²) in [7, 11) is 2.07. The highest BCUT2D eigenvalue weighted by atomic mass is 79.9. The van der Waals surface area contributed by atoms with Crippen LogP contribution in [0.1, 0.15) is 50.6 Å². The number of likely N-dealkylation sites (tertiary alicyclic amines) is 1. The zero-order valence-corrected chi connectivity index (χ0v) is 15.0. The maximum atomic E-state index is 3.57. The third-order valence-corrected chi connectivity index (χ3v) is 5.23. The Morgan fingerprint density at radius 1 is 1.33 bits per heavy atom. The fourth-order valence-electron chi connectivity index (χ4n) is 3.42. The van der Waals surface area contributed by atoms with Crippen molar-refractivity contribution in [1.82, 2.24) is 10.2 Å². The van der Waals surface area contributed by atoms with E-state index in [0.717, 1.165) is 5.92 Å². The molecule has 0 aliphatic carbocycles. The van der Waals surface area contributed by atoms with E-state index >= 15 is 0 Å². The molecule has 0 radical (unpaired) electrons. The van der Waals surface area contributed by atoms with Crippen LogP contribution in [-0.2, 0) is 0 Å². The van der Waals surface area contributed by atoms with Crippen molar-refractivity contribution in [3.63, 3.8) is 0 Å². The van der Waals surface area contributed by atoms with Gasteiger partial charge in [0.05, 0.1) is 0 Å². The molecule has 1 aromatic rings. The number of halogens is 1. The monoisotopic (exact) mass is 352 g/mol. The molecule has 1 atom stereocenters. The largest absolute Gasteiger partial charge is 0.313 e. The summed E-state index contributed by atoms with van der Waals surface area (Å²) in [5, 5.41) is 3.47. The smallest absolute Gasteiger partial charge is 0.0330 e. The van der Waals surface area contributed by atoms with Crippen molar-refractivity contribution in [1.29, 1.82) is 0 Å². The second kappa shape index (κ2) is 8.92. The Balaban J connectivity index is 1.79. The summed E-state index contributed by atoms with van der Waals surface area (Å²) in [5.74, 6) is 0.983. The zero-order valence-electron chi connectivity index (χ0n) is 13.4. The van der Waals surface area contributed by atoms with E-state index in [1.807, 2.05) is 0 Å². The van der Waals surface area contributed by atoms with Crippen LogP contribution in [0.3, 0.4) is 0 Å². The number of nitrogens with one attached hydrogen (secondary N) is 1. The first-order valence-corrected chi connectivity index (χ1v) is 9.17. The van der Waals surface area contributed by atoms with Crippen LogP contribution in [0.5, 0.6) is 0 Å². The molecule has 2 nitrogen and oxygen atoms in total. The molecular formula is C18H29BrN2. The molecule has 1 aliphatic heterocycles. The number of nitrogens with zero attached hydrogens (tertiary/aromatic N) is 1. The highest BCUT2D eigenvalue weighted by molar-refractivity contribution is 9.10. The molecule has 0 spiro atoms. The molecule has 0 bridgehead atoms.